The summed E-state index contributed by atoms with van der Waals surface area (Å²) in [6, 6.07) is 14.0. The zero-order valence-corrected chi connectivity index (χ0v) is 14.2. The summed E-state index contributed by atoms with van der Waals surface area (Å²) in [5.41, 5.74) is 0.160. The first kappa shape index (κ1) is 17.1. The number of carbonyl (C=O) groups excluding carboxylic acids is 1. The van der Waals surface area contributed by atoms with Gasteiger partial charge in [0.25, 0.3) is 5.91 Å². The summed E-state index contributed by atoms with van der Waals surface area (Å²) in [7, 11) is -4.00. The highest BCUT2D eigenvalue weighted by Crippen LogP contribution is 2.27. The highest BCUT2D eigenvalue weighted by atomic mass is 32.2. The Kier molecular flexibility index (Phi) is 4.83. The Hall–Kier alpha value is -2.69. The zero-order valence-electron chi connectivity index (χ0n) is 13.4. The van der Waals surface area contributed by atoms with E-state index >= 15 is 0 Å². The van der Waals surface area contributed by atoms with Crippen LogP contribution in [-0.2, 0) is 14.6 Å². The van der Waals surface area contributed by atoms with Crippen molar-refractivity contribution in [2.24, 2.45) is 0 Å². The van der Waals surface area contributed by atoms with Gasteiger partial charge in [-0.3, -0.25) is 4.79 Å². The molecule has 0 atom stereocenters. The standard InChI is InChI=1S/C18H16N2O4S/c19-13-14-5-1-3-7-16(14)25(22,23)17-8-4-2-6-15(17)18(21)20-9-11-24-12-10-20/h1-8H,9-12H2. The van der Waals surface area contributed by atoms with E-state index in [0.717, 1.165) is 0 Å². The Morgan fingerprint density at radius 1 is 1.00 bits per heavy atom. The normalized spacial score (nSPS) is 14.8. The van der Waals surface area contributed by atoms with E-state index in [9.17, 15) is 18.5 Å². The van der Waals surface area contributed by atoms with Crippen LogP contribution in [0.2, 0.25) is 0 Å². The highest BCUT2D eigenvalue weighted by Gasteiger charge is 2.29. The number of rotatable bonds is 3. The molecule has 1 aliphatic rings. The maximum absolute atomic E-state index is 13.1. The lowest BCUT2D eigenvalue weighted by atomic mass is 10.2. The van der Waals surface area contributed by atoms with Crippen LogP contribution in [0, 0.1) is 11.3 Å². The Morgan fingerprint density at radius 3 is 2.28 bits per heavy atom. The van der Waals surface area contributed by atoms with Crippen molar-refractivity contribution in [1.82, 2.24) is 4.90 Å². The van der Waals surface area contributed by atoms with Gasteiger partial charge in [0.1, 0.15) is 6.07 Å². The van der Waals surface area contributed by atoms with Gasteiger partial charge < -0.3 is 9.64 Å². The minimum Gasteiger partial charge on any atom is -0.378 e. The number of hydrogen-bond acceptors (Lipinski definition) is 5. The van der Waals surface area contributed by atoms with Crippen LogP contribution in [0.15, 0.2) is 58.3 Å². The molecule has 0 aliphatic carbocycles. The highest BCUT2D eigenvalue weighted by molar-refractivity contribution is 7.91. The molecule has 6 nitrogen and oxygen atoms in total. The quantitative estimate of drug-likeness (QED) is 0.838. The molecule has 1 aliphatic heterocycles. The number of amides is 1. The third kappa shape index (κ3) is 3.27. The molecule has 0 spiro atoms. The average molecular weight is 356 g/mol. The summed E-state index contributed by atoms with van der Waals surface area (Å²) in [5.74, 6) is -0.350. The molecule has 1 heterocycles. The molecule has 7 heteroatoms. The molecule has 2 aromatic carbocycles. The molecule has 0 N–H and O–H groups in total. The fraction of sp³-hybridized carbons (Fsp3) is 0.222. The van der Waals surface area contributed by atoms with Gasteiger partial charge in [-0.05, 0) is 24.3 Å². The maximum atomic E-state index is 13.1. The molecule has 1 fully saturated rings. The maximum Gasteiger partial charge on any atom is 0.255 e. The van der Waals surface area contributed by atoms with Crippen molar-refractivity contribution in [3.63, 3.8) is 0 Å². The van der Waals surface area contributed by atoms with Crippen LogP contribution < -0.4 is 0 Å². The number of hydrogen-bond donors (Lipinski definition) is 0. The molecule has 1 amide bonds. The summed E-state index contributed by atoms with van der Waals surface area (Å²) in [6.07, 6.45) is 0. The number of carbonyl (C=O) groups is 1. The summed E-state index contributed by atoms with van der Waals surface area (Å²) in [6.45, 7) is 1.69. The topological polar surface area (TPSA) is 87.5 Å². The number of nitriles is 1. The van der Waals surface area contributed by atoms with Crippen molar-refractivity contribution in [1.29, 1.82) is 5.26 Å². The second kappa shape index (κ2) is 7.05. The molecule has 0 unspecified atom stereocenters. The Balaban J connectivity index is 2.09. The van der Waals surface area contributed by atoms with E-state index in [1.54, 1.807) is 29.2 Å². The van der Waals surface area contributed by atoms with Gasteiger partial charge in [0.15, 0.2) is 0 Å². The van der Waals surface area contributed by atoms with E-state index in [2.05, 4.69) is 0 Å². The first-order valence-corrected chi connectivity index (χ1v) is 9.24. The van der Waals surface area contributed by atoms with Gasteiger partial charge in [0.05, 0.1) is 34.1 Å². The summed E-state index contributed by atoms with van der Waals surface area (Å²) >= 11 is 0. The zero-order chi connectivity index (χ0) is 17.9. The van der Waals surface area contributed by atoms with E-state index in [0.29, 0.717) is 26.3 Å². The van der Waals surface area contributed by atoms with Crippen LogP contribution in [0.1, 0.15) is 15.9 Å². The molecular formula is C18H16N2O4S. The van der Waals surface area contributed by atoms with Crippen LogP contribution in [0.25, 0.3) is 0 Å². The second-order valence-corrected chi connectivity index (χ2v) is 7.40. The predicted molar refractivity (Wildman–Crippen MR) is 89.8 cm³/mol. The molecule has 1 saturated heterocycles. The fourth-order valence-electron chi connectivity index (χ4n) is 2.73. The smallest absolute Gasteiger partial charge is 0.255 e. The molecule has 0 bridgehead atoms. The van der Waals surface area contributed by atoms with Crippen LogP contribution in [-0.4, -0.2) is 45.5 Å². The van der Waals surface area contributed by atoms with Crippen molar-refractivity contribution in [3.05, 3.63) is 59.7 Å². The molecule has 2 aromatic rings. The van der Waals surface area contributed by atoms with Crippen LogP contribution in [0.3, 0.4) is 0 Å². The van der Waals surface area contributed by atoms with Crippen molar-refractivity contribution in [3.8, 4) is 6.07 Å². The molecule has 0 aromatic heterocycles. The molecule has 0 radical (unpaired) electrons. The number of benzene rings is 2. The SMILES string of the molecule is N#Cc1ccccc1S(=O)(=O)c1ccccc1C(=O)N1CCOCC1. The lowest BCUT2D eigenvalue weighted by Crippen LogP contribution is -2.41. The van der Waals surface area contributed by atoms with Crippen LogP contribution in [0.5, 0.6) is 0 Å². The largest absolute Gasteiger partial charge is 0.378 e. The van der Waals surface area contributed by atoms with E-state index < -0.39 is 9.84 Å². The summed E-state index contributed by atoms with van der Waals surface area (Å²) in [5, 5.41) is 9.21. The second-order valence-electron chi connectivity index (χ2n) is 5.51. The van der Waals surface area contributed by atoms with Crippen molar-refractivity contribution in [2.45, 2.75) is 9.79 Å². The Bertz CT molecular complexity index is 942. The molecule has 25 heavy (non-hydrogen) atoms. The third-order valence-corrected chi connectivity index (χ3v) is 5.87. The lowest BCUT2D eigenvalue weighted by molar-refractivity contribution is 0.0300. The van der Waals surface area contributed by atoms with Crippen molar-refractivity contribution >= 4 is 15.7 Å². The molecular weight excluding hydrogens is 340 g/mol. The molecule has 128 valence electrons. The van der Waals surface area contributed by atoms with E-state index in [4.69, 9.17) is 4.74 Å². The van der Waals surface area contributed by atoms with Gasteiger partial charge in [0, 0.05) is 13.1 Å². The van der Waals surface area contributed by atoms with Gasteiger partial charge in [-0.25, -0.2) is 8.42 Å². The molecule has 3 rings (SSSR count). The summed E-state index contributed by atoms with van der Waals surface area (Å²) < 4.78 is 31.4. The van der Waals surface area contributed by atoms with E-state index in [-0.39, 0.29) is 26.8 Å². The monoisotopic (exact) mass is 356 g/mol. The van der Waals surface area contributed by atoms with Crippen LogP contribution in [0.4, 0.5) is 0 Å². The first-order valence-electron chi connectivity index (χ1n) is 7.76. The third-order valence-electron chi connectivity index (χ3n) is 4.00. The molecule has 0 saturated carbocycles. The van der Waals surface area contributed by atoms with Crippen LogP contribution >= 0.6 is 0 Å². The number of nitrogens with zero attached hydrogens (tertiary/aromatic N) is 2. The van der Waals surface area contributed by atoms with Gasteiger partial charge >= 0.3 is 0 Å². The van der Waals surface area contributed by atoms with E-state index in [1.165, 1.54) is 24.3 Å². The number of ether oxygens (including phenoxy) is 1. The van der Waals surface area contributed by atoms with E-state index in [1.807, 2.05) is 6.07 Å². The van der Waals surface area contributed by atoms with Gasteiger partial charge in [-0.2, -0.15) is 5.26 Å². The minimum atomic E-state index is -4.00. The first-order chi connectivity index (χ1) is 12.1. The summed E-state index contributed by atoms with van der Waals surface area (Å²) in [4.78, 5) is 14.2. The minimum absolute atomic E-state index is 0.0520. The predicted octanol–water partition coefficient (Wildman–Crippen LogP) is 1.86. The van der Waals surface area contributed by atoms with Crippen molar-refractivity contribution < 1.29 is 17.9 Å². The lowest BCUT2D eigenvalue weighted by Gasteiger charge is -2.27. The van der Waals surface area contributed by atoms with Gasteiger partial charge in [-0.1, -0.05) is 24.3 Å². The number of sulfone groups is 1. The van der Waals surface area contributed by atoms with Gasteiger partial charge in [0.2, 0.25) is 9.84 Å². The Labute approximate surface area is 146 Å². The number of morpholine rings is 1. The van der Waals surface area contributed by atoms with Gasteiger partial charge in [-0.15, -0.1) is 0 Å². The fourth-order valence-corrected chi connectivity index (χ4v) is 4.33. The van der Waals surface area contributed by atoms with Crippen molar-refractivity contribution in [2.75, 3.05) is 26.3 Å². The average Bonchev–Trinajstić information content (AvgIpc) is 2.68. The Morgan fingerprint density at radius 2 is 1.60 bits per heavy atom.